The minimum absolute atomic E-state index is 0.108. The zero-order chi connectivity index (χ0) is 22.0. The van der Waals surface area contributed by atoms with Crippen LogP contribution in [-0.2, 0) is 0 Å². The van der Waals surface area contributed by atoms with Crippen LogP contribution in [0.5, 0.6) is 17.2 Å². The Bertz CT molecular complexity index is 1260. The van der Waals surface area contributed by atoms with Crippen LogP contribution in [0.1, 0.15) is 21.5 Å². The van der Waals surface area contributed by atoms with Crippen molar-refractivity contribution in [2.24, 2.45) is 0 Å². The van der Waals surface area contributed by atoms with Crippen molar-refractivity contribution in [2.75, 3.05) is 6.61 Å². The fourth-order valence-corrected chi connectivity index (χ4v) is 3.02. The summed E-state index contributed by atoms with van der Waals surface area (Å²) in [6.07, 6.45) is -3.75. The van der Waals surface area contributed by atoms with Gasteiger partial charge in [-0.25, -0.2) is 0 Å². The normalized spacial score (nSPS) is 13.2. The lowest BCUT2D eigenvalue weighted by Gasteiger charge is -2.12. The largest absolute Gasteiger partial charge is 0.586 e. The molecule has 1 aliphatic rings. The average molecular weight is 418 g/mol. The Morgan fingerprint density at radius 2 is 1.58 bits per heavy atom. The maximum absolute atomic E-state index is 13.3. The molecule has 0 aromatic heterocycles. The van der Waals surface area contributed by atoms with E-state index >= 15 is 0 Å². The highest BCUT2D eigenvalue weighted by Gasteiger charge is 2.43. The molecule has 0 spiro atoms. The molecule has 152 valence electrons. The minimum atomic E-state index is -3.75. The Labute approximate surface area is 175 Å². The first-order valence-corrected chi connectivity index (χ1v) is 8.99. The fourth-order valence-electron chi connectivity index (χ4n) is 3.02. The summed E-state index contributed by atoms with van der Waals surface area (Å²) in [5.74, 6) is -0.287. The molecule has 6 nitrogen and oxygen atoms in total. The van der Waals surface area contributed by atoms with E-state index in [-0.39, 0.29) is 29.6 Å². The van der Waals surface area contributed by atoms with Gasteiger partial charge in [-0.05, 0) is 60.2 Å². The molecule has 0 unspecified atom stereocenters. The second kappa shape index (κ2) is 7.77. The second-order valence-electron chi connectivity index (χ2n) is 6.55. The summed E-state index contributed by atoms with van der Waals surface area (Å²) in [6, 6.07) is 18.9. The molecule has 3 aromatic rings. The number of hydrogen-bond donors (Lipinski definition) is 0. The summed E-state index contributed by atoms with van der Waals surface area (Å²) < 4.78 is 41.2. The van der Waals surface area contributed by atoms with Crippen LogP contribution < -0.4 is 14.2 Å². The van der Waals surface area contributed by atoms with E-state index in [1.807, 2.05) is 12.1 Å². The van der Waals surface area contributed by atoms with Crippen molar-refractivity contribution in [2.45, 2.75) is 6.29 Å². The van der Waals surface area contributed by atoms with Gasteiger partial charge in [0.15, 0.2) is 23.9 Å². The predicted octanol–water partition coefficient (Wildman–Crippen LogP) is 4.68. The summed E-state index contributed by atoms with van der Waals surface area (Å²) in [6.45, 7) is -0.298. The maximum atomic E-state index is 13.3. The van der Waals surface area contributed by atoms with Gasteiger partial charge in [0, 0.05) is 11.1 Å². The first-order valence-electron chi connectivity index (χ1n) is 8.99. The highest BCUT2D eigenvalue weighted by molar-refractivity contribution is 5.97. The number of nitrogens with zero attached hydrogens (tertiary/aromatic N) is 2. The van der Waals surface area contributed by atoms with Crippen molar-refractivity contribution in [1.29, 1.82) is 10.5 Å². The van der Waals surface area contributed by atoms with E-state index in [9.17, 15) is 18.8 Å². The molecular formula is C23H12F2N2O4. The lowest BCUT2D eigenvalue weighted by Crippen LogP contribution is -2.25. The third kappa shape index (κ3) is 4.14. The molecule has 31 heavy (non-hydrogen) atoms. The molecule has 3 aromatic carbocycles. The Hall–Kier alpha value is -4.43. The molecule has 8 heteroatoms. The number of rotatable bonds is 5. The van der Waals surface area contributed by atoms with Crippen LogP contribution in [0.25, 0.3) is 11.1 Å². The molecule has 0 radical (unpaired) electrons. The Morgan fingerprint density at radius 1 is 0.903 bits per heavy atom. The van der Waals surface area contributed by atoms with Crippen LogP contribution in [0.3, 0.4) is 0 Å². The molecule has 1 heterocycles. The summed E-state index contributed by atoms with van der Waals surface area (Å²) in [7, 11) is 0. The quantitative estimate of drug-likeness (QED) is 0.559. The fraction of sp³-hybridized carbons (Fsp3) is 0.0870. The van der Waals surface area contributed by atoms with E-state index in [1.54, 1.807) is 0 Å². The number of carbonyl (C=O) groups is 1. The first-order chi connectivity index (χ1) is 14.9. The number of halogens is 2. The van der Waals surface area contributed by atoms with Crippen molar-refractivity contribution in [3.63, 3.8) is 0 Å². The summed E-state index contributed by atoms with van der Waals surface area (Å²) in [4.78, 5) is 12.4. The van der Waals surface area contributed by atoms with Crippen LogP contribution in [0.4, 0.5) is 8.78 Å². The summed E-state index contributed by atoms with van der Waals surface area (Å²) >= 11 is 0. The zero-order valence-corrected chi connectivity index (χ0v) is 15.8. The van der Waals surface area contributed by atoms with Gasteiger partial charge in [0.25, 0.3) is 0 Å². The molecule has 0 saturated heterocycles. The third-order valence-electron chi connectivity index (χ3n) is 4.52. The van der Waals surface area contributed by atoms with Crippen LogP contribution in [0, 0.1) is 22.7 Å². The first kappa shape index (κ1) is 19.9. The number of carbonyl (C=O) groups excluding carboxylic acids is 1. The average Bonchev–Trinajstić information content (AvgIpc) is 3.10. The van der Waals surface area contributed by atoms with Crippen LogP contribution in [0.15, 0.2) is 60.7 Å². The number of fused-ring (bicyclic) bond motifs is 1. The lowest BCUT2D eigenvalue weighted by molar-refractivity contribution is -0.286. The van der Waals surface area contributed by atoms with Gasteiger partial charge in [0.05, 0.1) is 23.3 Å². The second-order valence-corrected chi connectivity index (χ2v) is 6.55. The van der Waals surface area contributed by atoms with E-state index in [4.69, 9.17) is 10.00 Å². The number of hydrogen-bond acceptors (Lipinski definition) is 6. The molecular weight excluding hydrogens is 406 g/mol. The van der Waals surface area contributed by atoms with Gasteiger partial charge in [0.1, 0.15) is 5.75 Å². The molecule has 0 aliphatic carbocycles. The molecule has 1 aliphatic heterocycles. The van der Waals surface area contributed by atoms with E-state index in [0.717, 1.165) is 0 Å². The zero-order valence-electron chi connectivity index (χ0n) is 15.8. The minimum Gasteiger partial charge on any atom is -0.485 e. The molecule has 0 saturated carbocycles. The molecule has 0 atom stereocenters. The van der Waals surface area contributed by atoms with Crippen molar-refractivity contribution >= 4 is 5.78 Å². The monoisotopic (exact) mass is 418 g/mol. The van der Waals surface area contributed by atoms with Crippen molar-refractivity contribution in [3.8, 4) is 40.5 Å². The van der Waals surface area contributed by atoms with Gasteiger partial charge in [0.2, 0.25) is 0 Å². The standard InChI is InChI=1S/C23H12F2N2O4/c24-23(25)30-21-8-6-17(10-22(21)31-23)18-9-15(12-27)3-7-20(18)29-13-19(28)16-4-1-14(11-26)2-5-16/h1-10H,13H2. The van der Waals surface area contributed by atoms with Crippen molar-refractivity contribution < 1.29 is 27.8 Å². The van der Waals surface area contributed by atoms with E-state index < -0.39 is 6.29 Å². The molecule has 0 fully saturated rings. The van der Waals surface area contributed by atoms with Gasteiger partial charge in [-0.3, -0.25) is 4.79 Å². The van der Waals surface area contributed by atoms with Gasteiger partial charge >= 0.3 is 6.29 Å². The van der Waals surface area contributed by atoms with Crippen LogP contribution in [0.2, 0.25) is 0 Å². The molecule has 4 rings (SSSR count). The maximum Gasteiger partial charge on any atom is 0.586 e. The van der Waals surface area contributed by atoms with Gasteiger partial charge in [-0.2, -0.15) is 10.5 Å². The Kier molecular flexibility index (Phi) is 4.98. The Morgan fingerprint density at radius 3 is 2.29 bits per heavy atom. The van der Waals surface area contributed by atoms with Crippen LogP contribution in [-0.4, -0.2) is 18.7 Å². The number of benzene rings is 3. The van der Waals surface area contributed by atoms with Crippen LogP contribution >= 0.6 is 0 Å². The summed E-state index contributed by atoms with van der Waals surface area (Å²) in [5.41, 5.74) is 2.00. The van der Waals surface area contributed by atoms with Crippen molar-refractivity contribution in [1.82, 2.24) is 0 Å². The number of alkyl halides is 2. The number of Topliss-reactive ketones (excluding diaryl/α,β-unsaturated/α-hetero) is 1. The number of ketones is 1. The lowest BCUT2D eigenvalue weighted by atomic mass is 10.0. The van der Waals surface area contributed by atoms with Gasteiger partial charge in [-0.15, -0.1) is 8.78 Å². The highest BCUT2D eigenvalue weighted by Crippen LogP contribution is 2.44. The third-order valence-corrected chi connectivity index (χ3v) is 4.52. The Balaban J connectivity index is 1.60. The number of ether oxygens (including phenoxy) is 3. The van der Waals surface area contributed by atoms with E-state index in [0.29, 0.717) is 27.8 Å². The smallest absolute Gasteiger partial charge is 0.485 e. The van der Waals surface area contributed by atoms with Gasteiger partial charge < -0.3 is 14.2 Å². The van der Waals surface area contributed by atoms with E-state index in [2.05, 4.69) is 9.47 Å². The predicted molar refractivity (Wildman–Crippen MR) is 104 cm³/mol. The SMILES string of the molecule is N#Cc1ccc(C(=O)COc2ccc(C#N)cc2-c2ccc3c(c2)OC(F)(F)O3)cc1. The molecule has 0 amide bonds. The highest BCUT2D eigenvalue weighted by atomic mass is 19.3. The van der Waals surface area contributed by atoms with E-state index in [1.165, 1.54) is 60.7 Å². The number of nitriles is 2. The molecule has 0 bridgehead atoms. The summed E-state index contributed by atoms with van der Waals surface area (Å²) in [5, 5.41) is 18.1. The molecule has 0 N–H and O–H groups in total. The van der Waals surface area contributed by atoms with Gasteiger partial charge in [-0.1, -0.05) is 6.07 Å². The van der Waals surface area contributed by atoms with Crippen molar-refractivity contribution in [3.05, 3.63) is 77.4 Å². The topological polar surface area (TPSA) is 92.3 Å².